The summed E-state index contributed by atoms with van der Waals surface area (Å²) in [7, 11) is 1.72. The standard InChI is InChI=1S/C12H16N2O2/c1-12(8-13,14-2)9-16-11-5-3-4-10(6-11)7-15/h3-6,14-15H,7,9H2,1-2H3. The highest BCUT2D eigenvalue weighted by Gasteiger charge is 2.21. The maximum Gasteiger partial charge on any atom is 0.137 e. The fraction of sp³-hybridized carbons (Fsp3) is 0.417. The molecule has 1 unspecified atom stereocenters. The Morgan fingerprint density at radius 2 is 2.31 bits per heavy atom. The lowest BCUT2D eigenvalue weighted by molar-refractivity contribution is 0.240. The molecule has 16 heavy (non-hydrogen) atoms. The summed E-state index contributed by atoms with van der Waals surface area (Å²) in [6, 6.07) is 9.32. The van der Waals surface area contributed by atoms with Crippen LogP contribution in [0.15, 0.2) is 24.3 Å². The zero-order valence-corrected chi connectivity index (χ0v) is 9.53. The lowest BCUT2D eigenvalue weighted by atomic mass is 10.1. The zero-order valence-electron chi connectivity index (χ0n) is 9.53. The van der Waals surface area contributed by atoms with Crippen molar-refractivity contribution in [3.05, 3.63) is 29.8 Å². The molecule has 4 heteroatoms. The van der Waals surface area contributed by atoms with Crippen molar-refractivity contribution in [2.45, 2.75) is 19.1 Å². The predicted molar refractivity (Wildman–Crippen MR) is 60.9 cm³/mol. The van der Waals surface area contributed by atoms with Gasteiger partial charge in [0.05, 0.1) is 12.7 Å². The van der Waals surface area contributed by atoms with E-state index in [0.29, 0.717) is 5.75 Å². The first-order valence-electron chi connectivity index (χ1n) is 5.06. The largest absolute Gasteiger partial charge is 0.491 e. The third-order valence-electron chi connectivity index (χ3n) is 2.41. The average Bonchev–Trinajstić information content (AvgIpc) is 2.36. The highest BCUT2D eigenvalue weighted by Crippen LogP contribution is 2.15. The van der Waals surface area contributed by atoms with Gasteiger partial charge in [-0.15, -0.1) is 0 Å². The molecule has 0 amide bonds. The molecule has 0 bridgehead atoms. The summed E-state index contributed by atoms with van der Waals surface area (Å²) >= 11 is 0. The maximum absolute atomic E-state index is 8.96. The average molecular weight is 220 g/mol. The molecule has 1 aromatic rings. The summed E-state index contributed by atoms with van der Waals surface area (Å²) < 4.78 is 5.50. The van der Waals surface area contributed by atoms with Gasteiger partial charge in [0.2, 0.25) is 0 Å². The van der Waals surface area contributed by atoms with Gasteiger partial charge in [0, 0.05) is 0 Å². The Labute approximate surface area is 95.5 Å². The van der Waals surface area contributed by atoms with Crippen LogP contribution in [0.5, 0.6) is 5.75 Å². The minimum absolute atomic E-state index is 0.0151. The molecule has 2 N–H and O–H groups in total. The van der Waals surface area contributed by atoms with Crippen LogP contribution in [-0.2, 0) is 6.61 Å². The number of aliphatic hydroxyl groups is 1. The minimum atomic E-state index is -0.699. The van der Waals surface area contributed by atoms with Gasteiger partial charge in [-0.3, -0.25) is 5.32 Å². The van der Waals surface area contributed by atoms with Gasteiger partial charge in [0.25, 0.3) is 0 Å². The molecule has 0 spiro atoms. The third kappa shape index (κ3) is 3.23. The highest BCUT2D eigenvalue weighted by molar-refractivity contribution is 5.28. The normalized spacial score (nSPS) is 13.9. The van der Waals surface area contributed by atoms with Gasteiger partial charge in [0.15, 0.2) is 0 Å². The van der Waals surface area contributed by atoms with Gasteiger partial charge < -0.3 is 9.84 Å². The summed E-state index contributed by atoms with van der Waals surface area (Å²) in [5, 5.41) is 20.8. The number of benzene rings is 1. The van der Waals surface area contributed by atoms with E-state index in [2.05, 4.69) is 11.4 Å². The van der Waals surface area contributed by atoms with E-state index >= 15 is 0 Å². The van der Waals surface area contributed by atoms with E-state index in [0.717, 1.165) is 5.56 Å². The molecule has 4 nitrogen and oxygen atoms in total. The number of nitrogens with zero attached hydrogens (tertiary/aromatic N) is 1. The van der Waals surface area contributed by atoms with Crippen molar-refractivity contribution in [2.75, 3.05) is 13.7 Å². The van der Waals surface area contributed by atoms with E-state index in [1.54, 1.807) is 26.1 Å². The van der Waals surface area contributed by atoms with Crippen molar-refractivity contribution >= 4 is 0 Å². The molecule has 86 valence electrons. The van der Waals surface area contributed by atoms with E-state index < -0.39 is 5.54 Å². The second-order valence-corrected chi connectivity index (χ2v) is 3.79. The number of nitriles is 1. The maximum atomic E-state index is 8.96. The molecule has 0 aliphatic heterocycles. The van der Waals surface area contributed by atoms with Crippen LogP contribution >= 0.6 is 0 Å². The Kier molecular flexibility index (Phi) is 4.29. The summed E-state index contributed by atoms with van der Waals surface area (Å²) in [5.74, 6) is 0.656. The zero-order chi connectivity index (χ0) is 12.0. The molecule has 0 radical (unpaired) electrons. The molecule has 0 fully saturated rings. The van der Waals surface area contributed by atoms with Crippen LogP contribution in [0.4, 0.5) is 0 Å². The minimum Gasteiger partial charge on any atom is -0.491 e. The van der Waals surface area contributed by atoms with Crippen molar-refractivity contribution < 1.29 is 9.84 Å². The summed E-state index contributed by atoms with van der Waals surface area (Å²) in [6.45, 7) is 2.01. The Morgan fingerprint density at radius 1 is 1.56 bits per heavy atom. The van der Waals surface area contributed by atoms with Crippen LogP contribution in [-0.4, -0.2) is 24.3 Å². The van der Waals surface area contributed by atoms with Crippen LogP contribution in [0, 0.1) is 11.3 Å². The van der Waals surface area contributed by atoms with Crippen molar-refractivity contribution in [3.63, 3.8) is 0 Å². The molecule has 0 aliphatic carbocycles. The number of aliphatic hydroxyl groups excluding tert-OH is 1. The Balaban J connectivity index is 2.64. The van der Waals surface area contributed by atoms with E-state index in [1.807, 2.05) is 12.1 Å². The van der Waals surface area contributed by atoms with Gasteiger partial charge in [-0.1, -0.05) is 12.1 Å². The Hall–Kier alpha value is -1.57. The summed E-state index contributed by atoms with van der Waals surface area (Å²) in [6.07, 6.45) is 0. The van der Waals surface area contributed by atoms with E-state index in [4.69, 9.17) is 15.1 Å². The van der Waals surface area contributed by atoms with Crippen LogP contribution in [0.25, 0.3) is 0 Å². The summed E-state index contributed by atoms with van der Waals surface area (Å²) in [4.78, 5) is 0. The van der Waals surface area contributed by atoms with Crippen LogP contribution in [0.2, 0.25) is 0 Å². The third-order valence-corrected chi connectivity index (χ3v) is 2.41. The molecule has 0 saturated carbocycles. The topological polar surface area (TPSA) is 65.3 Å². The van der Waals surface area contributed by atoms with Crippen LogP contribution in [0.1, 0.15) is 12.5 Å². The predicted octanol–water partition coefficient (Wildman–Crippen LogP) is 1.06. The van der Waals surface area contributed by atoms with Crippen LogP contribution < -0.4 is 10.1 Å². The summed E-state index contributed by atoms with van der Waals surface area (Å²) in [5.41, 5.74) is 0.0931. The molecule has 0 aromatic heterocycles. The number of ether oxygens (including phenoxy) is 1. The SMILES string of the molecule is CNC(C)(C#N)COc1cccc(CO)c1. The molecular weight excluding hydrogens is 204 g/mol. The van der Waals surface area contributed by atoms with Crippen molar-refractivity contribution in [1.29, 1.82) is 5.26 Å². The number of hydrogen-bond acceptors (Lipinski definition) is 4. The second-order valence-electron chi connectivity index (χ2n) is 3.79. The molecule has 1 rings (SSSR count). The Bertz CT molecular complexity index is 387. The fourth-order valence-electron chi connectivity index (χ4n) is 1.12. The van der Waals surface area contributed by atoms with Gasteiger partial charge in [0.1, 0.15) is 17.9 Å². The number of nitrogens with one attached hydrogen (secondary N) is 1. The highest BCUT2D eigenvalue weighted by atomic mass is 16.5. The first-order valence-corrected chi connectivity index (χ1v) is 5.06. The fourth-order valence-corrected chi connectivity index (χ4v) is 1.12. The molecule has 1 atom stereocenters. The molecule has 0 aliphatic rings. The molecular formula is C12H16N2O2. The van der Waals surface area contributed by atoms with Crippen molar-refractivity contribution in [1.82, 2.24) is 5.32 Å². The van der Waals surface area contributed by atoms with E-state index in [9.17, 15) is 0 Å². The monoisotopic (exact) mass is 220 g/mol. The number of hydrogen-bond donors (Lipinski definition) is 2. The molecule has 0 heterocycles. The molecule has 0 saturated heterocycles. The first-order chi connectivity index (χ1) is 7.63. The van der Waals surface area contributed by atoms with Gasteiger partial charge >= 0.3 is 0 Å². The van der Waals surface area contributed by atoms with Gasteiger partial charge in [-0.2, -0.15) is 5.26 Å². The second kappa shape index (κ2) is 5.50. The van der Waals surface area contributed by atoms with E-state index in [-0.39, 0.29) is 13.2 Å². The first kappa shape index (κ1) is 12.5. The Morgan fingerprint density at radius 3 is 2.88 bits per heavy atom. The van der Waals surface area contributed by atoms with Crippen LogP contribution in [0.3, 0.4) is 0 Å². The van der Waals surface area contributed by atoms with E-state index in [1.165, 1.54) is 0 Å². The lowest BCUT2D eigenvalue weighted by Gasteiger charge is -2.21. The quantitative estimate of drug-likeness (QED) is 0.778. The van der Waals surface area contributed by atoms with Gasteiger partial charge in [-0.05, 0) is 31.7 Å². The lowest BCUT2D eigenvalue weighted by Crippen LogP contribution is -2.43. The molecule has 1 aromatic carbocycles. The van der Waals surface area contributed by atoms with Crippen molar-refractivity contribution in [3.8, 4) is 11.8 Å². The number of rotatable bonds is 5. The van der Waals surface area contributed by atoms with Gasteiger partial charge in [-0.25, -0.2) is 0 Å². The number of likely N-dealkylation sites (N-methyl/N-ethyl adjacent to an activating group) is 1. The smallest absolute Gasteiger partial charge is 0.137 e. The van der Waals surface area contributed by atoms with Crippen molar-refractivity contribution in [2.24, 2.45) is 0 Å².